The second-order valence-electron chi connectivity index (χ2n) is 6.05. The number of amides is 1. The third kappa shape index (κ3) is 4.61. The van der Waals surface area contributed by atoms with Gasteiger partial charge in [0.25, 0.3) is 0 Å². The Hall–Kier alpha value is -2.39. The van der Waals surface area contributed by atoms with E-state index in [9.17, 15) is 13.2 Å². The molecule has 1 aliphatic heterocycles. The lowest BCUT2D eigenvalue weighted by molar-refractivity contribution is -0.119. The fraction of sp³-hybridized carbons (Fsp3) is 0.412. The van der Waals surface area contributed by atoms with Crippen molar-refractivity contribution < 1.29 is 17.6 Å². The van der Waals surface area contributed by atoms with E-state index >= 15 is 0 Å². The number of piperidine rings is 1. The van der Waals surface area contributed by atoms with Gasteiger partial charge in [0.2, 0.25) is 15.9 Å². The van der Waals surface area contributed by atoms with Crippen LogP contribution in [-0.4, -0.2) is 43.2 Å². The van der Waals surface area contributed by atoms with Crippen molar-refractivity contribution in [1.82, 2.24) is 14.6 Å². The maximum absolute atomic E-state index is 12.6. The highest BCUT2D eigenvalue weighted by Crippen LogP contribution is 2.20. The molecule has 0 atom stereocenters. The number of aromatic nitrogens is 1. The van der Waals surface area contributed by atoms with E-state index in [1.807, 2.05) is 0 Å². The lowest BCUT2D eigenvalue weighted by atomic mass is 10.2. The van der Waals surface area contributed by atoms with E-state index in [1.165, 1.54) is 16.6 Å². The number of carbonyl (C=O) groups excluding carboxylic acids is 1. The first-order chi connectivity index (χ1) is 12.6. The number of carbonyl (C=O) groups is 1. The number of nitrogens with zero attached hydrogens (tertiary/aromatic N) is 2. The smallest absolute Gasteiger partial charge is 0.244 e. The van der Waals surface area contributed by atoms with Crippen LogP contribution in [0.15, 0.2) is 46.0 Å². The summed E-state index contributed by atoms with van der Waals surface area (Å²) in [5, 5.41) is 5.58. The van der Waals surface area contributed by atoms with Gasteiger partial charge in [-0.3, -0.25) is 4.79 Å². The molecule has 0 saturated carbocycles. The summed E-state index contributed by atoms with van der Waals surface area (Å²) in [5.74, 6) is 0.896. The molecule has 2 N–H and O–H groups in total. The molecule has 1 aliphatic rings. The van der Waals surface area contributed by atoms with Gasteiger partial charge in [0.1, 0.15) is 16.5 Å². The molecule has 2 aromatic rings. The Morgan fingerprint density at radius 3 is 2.65 bits per heavy atom. The topological polar surface area (TPSA) is 105 Å². The van der Waals surface area contributed by atoms with E-state index in [0.717, 1.165) is 19.3 Å². The zero-order valence-corrected chi connectivity index (χ0v) is 15.2. The van der Waals surface area contributed by atoms with E-state index in [0.29, 0.717) is 31.2 Å². The average Bonchev–Trinajstić information content (AvgIpc) is 3.19. The SMILES string of the molecule is O=C(CNc1ccc(S(=O)(=O)N2CCCCC2)cn1)NCc1ccco1. The van der Waals surface area contributed by atoms with Gasteiger partial charge in [-0.05, 0) is 37.1 Å². The monoisotopic (exact) mass is 378 g/mol. The van der Waals surface area contributed by atoms with Gasteiger partial charge in [0.05, 0.1) is 19.4 Å². The molecule has 0 bridgehead atoms. The van der Waals surface area contributed by atoms with Crippen LogP contribution in [0, 0.1) is 0 Å². The molecule has 0 aliphatic carbocycles. The van der Waals surface area contributed by atoms with Crippen LogP contribution in [0.4, 0.5) is 5.82 Å². The van der Waals surface area contributed by atoms with E-state index in [2.05, 4.69) is 15.6 Å². The Bertz CT molecular complexity index is 813. The predicted octanol–water partition coefficient (Wildman–Crippen LogP) is 1.58. The van der Waals surface area contributed by atoms with Crippen molar-refractivity contribution in [3.8, 4) is 0 Å². The molecule has 0 radical (unpaired) electrons. The summed E-state index contributed by atoms with van der Waals surface area (Å²) in [5.41, 5.74) is 0. The number of hydrogen-bond acceptors (Lipinski definition) is 6. The summed E-state index contributed by atoms with van der Waals surface area (Å²) in [7, 11) is -3.49. The Morgan fingerprint density at radius 1 is 1.19 bits per heavy atom. The first-order valence-corrected chi connectivity index (χ1v) is 9.99. The first-order valence-electron chi connectivity index (χ1n) is 8.55. The fourth-order valence-corrected chi connectivity index (χ4v) is 4.19. The average molecular weight is 378 g/mol. The van der Waals surface area contributed by atoms with Crippen molar-refractivity contribution in [1.29, 1.82) is 0 Å². The highest BCUT2D eigenvalue weighted by Gasteiger charge is 2.26. The van der Waals surface area contributed by atoms with Crippen LogP contribution in [0.2, 0.25) is 0 Å². The molecule has 9 heteroatoms. The summed E-state index contributed by atoms with van der Waals surface area (Å²) < 4.78 is 31.7. The Kier molecular flexibility index (Phi) is 5.89. The zero-order chi connectivity index (χ0) is 18.4. The maximum atomic E-state index is 12.6. The molecule has 3 rings (SSSR count). The number of hydrogen-bond donors (Lipinski definition) is 2. The molecule has 3 heterocycles. The molecule has 1 saturated heterocycles. The van der Waals surface area contributed by atoms with E-state index < -0.39 is 10.0 Å². The van der Waals surface area contributed by atoms with Gasteiger partial charge in [-0.15, -0.1) is 0 Å². The minimum absolute atomic E-state index is 0.0337. The van der Waals surface area contributed by atoms with Crippen molar-refractivity contribution in [2.24, 2.45) is 0 Å². The van der Waals surface area contributed by atoms with Crippen molar-refractivity contribution in [3.05, 3.63) is 42.5 Å². The molecular weight excluding hydrogens is 356 g/mol. The van der Waals surface area contributed by atoms with Crippen LogP contribution in [-0.2, 0) is 21.4 Å². The zero-order valence-electron chi connectivity index (χ0n) is 14.3. The highest BCUT2D eigenvalue weighted by molar-refractivity contribution is 7.89. The van der Waals surface area contributed by atoms with Gasteiger partial charge < -0.3 is 15.1 Å². The second kappa shape index (κ2) is 8.33. The van der Waals surface area contributed by atoms with E-state index in [-0.39, 0.29) is 17.3 Å². The molecule has 8 nitrogen and oxygen atoms in total. The van der Waals surface area contributed by atoms with Crippen molar-refractivity contribution >= 4 is 21.7 Å². The van der Waals surface area contributed by atoms with Crippen molar-refractivity contribution in [2.45, 2.75) is 30.7 Å². The second-order valence-corrected chi connectivity index (χ2v) is 7.99. The highest BCUT2D eigenvalue weighted by atomic mass is 32.2. The lowest BCUT2D eigenvalue weighted by Crippen LogP contribution is -2.35. The third-order valence-corrected chi connectivity index (χ3v) is 6.04. The quantitative estimate of drug-likeness (QED) is 0.758. The Balaban J connectivity index is 1.51. The van der Waals surface area contributed by atoms with Gasteiger partial charge >= 0.3 is 0 Å². The van der Waals surface area contributed by atoms with Crippen LogP contribution in [0.1, 0.15) is 25.0 Å². The molecular formula is C17H22N4O4S. The molecule has 1 fully saturated rings. The number of furan rings is 1. The Labute approximate surface area is 152 Å². The normalized spacial score (nSPS) is 15.5. The van der Waals surface area contributed by atoms with Crippen LogP contribution < -0.4 is 10.6 Å². The van der Waals surface area contributed by atoms with Crippen molar-refractivity contribution in [2.75, 3.05) is 25.0 Å². The van der Waals surface area contributed by atoms with Gasteiger partial charge in [-0.2, -0.15) is 4.31 Å². The molecule has 0 spiro atoms. The number of sulfonamides is 1. The summed E-state index contributed by atoms with van der Waals surface area (Å²) in [6.45, 7) is 1.45. The van der Waals surface area contributed by atoms with Gasteiger partial charge in [0.15, 0.2) is 0 Å². The van der Waals surface area contributed by atoms with Crippen LogP contribution in [0.3, 0.4) is 0 Å². The van der Waals surface area contributed by atoms with Gasteiger partial charge in [-0.25, -0.2) is 13.4 Å². The Morgan fingerprint density at radius 2 is 2.00 bits per heavy atom. The van der Waals surface area contributed by atoms with Gasteiger partial charge in [0, 0.05) is 19.3 Å². The molecule has 2 aromatic heterocycles. The minimum Gasteiger partial charge on any atom is -0.467 e. The van der Waals surface area contributed by atoms with Gasteiger partial charge in [-0.1, -0.05) is 6.42 Å². The molecule has 1 amide bonds. The van der Waals surface area contributed by atoms with E-state index in [4.69, 9.17) is 4.42 Å². The summed E-state index contributed by atoms with van der Waals surface area (Å²) in [4.78, 5) is 16.1. The van der Waals surface area contributed by atoms with Crippen LogP contribution in [0.25, 0.3) is 0 Å². The van der Waals surface area contributed by atoms with E-state index in [1.54, 1.807) is 24.5 Å². The molecule has 0 unspecified atom stereocenters. The van der Waals surface area contributed by atoms with Crippen molar-refractivity contribution in [3.63, 3.8) is 0 Å². The largest absolute Gasteiger partial charge is 0.467 e. The molecule has 26 heavy (non-hydrogen) atoms. The fourth-order valence-electron chi connectivity index (χ4n) is 2.72. The summed E-state index contributed by atoms with van der Waals surface area (Å²) >= 11 is 0. The standard InChI is InChI=1S/C17H22N4O4S/c22-17(20-11-14-5-4-10-25-14)13-19-16-7-6-15(12-18-16)26(23,24)21-8-2-1-3-9-21/h4-7,10,12H,1-3,8-9,11,13H2,(H,18,19)(H,20,22). The maximum Gasteiger partial charge on any atom is 0.244 e. The first kappa shape index (κ1) is 18.4. The molecule has 140 valence electrons. The summed E-state index contributed by atoms with van der Waals surface area (Å²) in [6, 6.07) is 6.61. The number of pyridine rings is 1. The number of anilines is 1. The number of nitrogens with one attached hydrogen (secondary N) is 2. The summed E-state index contributed by atoms with van der Waals surface area (Å²) in [6.07, 6.45) is 5.71. The lowest BCUT2D eigenvalue weighted by Gasteiger charge is -2.25. The van der Waals surface area contributed by atoms with Crippen LogP contribution >= 0.6 is 0 Å². The number of rotatable bonds is 7. The molecule has 0 aromatic carbocycles. The third-order valence-electron chi connectivity index (χ3n) is 4.16. The minimum atomic E-state index is -3.49. The van der Waals surface area contributed by atoms with Crippen LogP contribution in [0.5, 0.6) is 0 Å². The predicted molar refractivity (Wildman–Crippen MR) is 95.9 cm³/mol.